The van der Waals surface area contributed by atoms with Crippen LogP contribution >= 0.6 is 0 Å². The first kappa shape index (κ1) is 25.6. The number of fused-ring (bicyclic) bond motifs is 1. The topological polar surface area (TPSA) is 126 Å². The third-order valence-corrected chi connectivity index (χ3v) is 7.12. The summed E-state index contributed by atoms with van der Waals surface area (Å²) in [5.74, 6) is -0.604. The van der Waals surface area contributed by atoms with E-state index < -0.39 is 19.6 Å². The minimum atomic E-state index is -1.31. The van der Waals surface area contributed by atoms with Gasteiger partial charge >= 0.3 is 11.7 Å². The van der Waals surface area contributed by atoms with Gasteiger partial charge in [-0.25, -0.2) is 9.78 Å². The molecule has 0 aliphatic carbocycles. The lowest BCUT2D eigenvalue weighted by atomic mass is 10.3. The van der Waals surface area contributed by atoms with E-state index in [0.29, 0.717) is 55.1 Å². The predicted molar refractivity (Wildman–Crippen MR) is 132 cm³/mol. The highest BCUT2D eigenvalue weighted by atomic mass is 28.3. The summed E-state index contributed by atoms with van der Waals surface area (Å²) in [4.78, 5) is 42.3. The molecule has 0 saturated heterocycles. The number of hydrogen-bond acceptors (Lipinski definition) is 6. The van der Waals surface area contributed by atoms with Crippen LogP contribution in [-0.2, 0) is 35.9 Å². The number of carboxylic acid groups (broad SMARTS) is 1. The Labute approximate surface area is 198 Å². The Kier molecular flexibility index (Phi) is 7.92. The summed E-state index contributed by atoms with van der Waals surface area (Å²) in [6.45, 7) is 11.7. The van der Waals surface area contributed by atoms with Crippen molar-refractivity contribution in [3.05, 3.63) is 33.2 Å². The van der Waals surface area contributed by atoms with Crippen molar-refractivity contribution in [1.29, 1.82) is 0 Å². The quantitative estimate of drug-likeness (QED) is 0.305. The number of aromatic nitrogens is 6. The zero-order chi connectivity index (χ0) is 25.0. The Balaban J connectivity index is 2.20. The van der Waals surface area contributed by atoms with Crippen molar-refractivity contribution in [2.75, 3.05) is 6.61 Å². The molecule has 1 N–H and O–H groups in total. The maximum Gasteiger partial charge on any atom is 0.332 e. The Hall–Kier alpha value is -2.99. The SMILES string of the molecule is CCCn1c(=O)c2c(nc(-c3cnn(CC(=O)O)c3)n2COCC[Si](C)(C)C)n(CCC)c1=O. The van der Waals surface area contributed by atoms with Crippen LogP contribution in [0.1, 0.15) is 26.7 Å². The van der Waals surface area contributed by atoms with Crippen molar-refractivity contribution in [3.63, 3.8) is 0 Å². The van der Waals surface area contributed by atoms with E-state index in [-0.39, 0.29) is 19.0 Å². The van der Waals surface area contributed by atoms with Crippen molar-refractivity contribution in [2.45, 2.75) is 78.7 Å². The largest absolute Gasteiger partial charge is 0.480 e. The van der Waals surface area contributed by atoms with Crippen LogP contribution in [0.5, 0.6) is 0 Å². The zero-order valence-corrected chi connectivity index (χ0v) is 21.6. The van der Waals surface area contributed by atoms with Crippen molar-refractivity contribution in [3.8, 4) is 11.4 Å². The van der Waals surface area contributed by atoms with Crippen LogP contribution in [-0.4, -0.2) is 54.2 Å². The van der Waals surface area contributed by atoms with Gasteiger partial charge in [-0.15, -0.1) is 0 Å². The first-order valence-corrected chi connectivity index (χ1v) is 15.3. The summed E-state index contributed by atoms with van der Waals surface area (Å²) in [6, 6.07) is 0.964. The molecule has 0 radical (unpaired) electrons. The molecule has 186 valence electrons. The van der Waals surface area contributed by atoms with Crippen molar-refractivity contribution in [2.24, 2.45) is 0 Å². The first-order valence-electron chi connectivity index (χ1n) is 11.6. The van der Waals surface area contributed by atoms with Gasteiger partial charge in [-0.2, -0.15) is 5.10 Å². The van der Waals surface area contributed by atoms with Crippen molar-refractivity contribution >= 4 is 25.2 Å². The van der Waals surface area contributed by atoms with E-state index in [1.165, 1.54) is 20.0 Å². The van der Waals surface area contributed by atoms with E-state index in [1.54, 1.807) is 10.8 Å². The summed E-state index contributed by atoms with van der Waals surface area (Å²) in [6.07, 6.45) is 4.42. The Morgan fingerprint density at radius 2 is 1.76 bits per heavy atom. The third kappa shape index (κ3) is 5.55. The standard InChI is InChI=1S/C22H34N6O5Si/c1-6-8-26-20-18(21(31)27(9-7-2)22(26)32)28(15-33-10-11-34(3,4)5)19(24-20)16-12-23-25(13-16)14-17(29)30/h12-13H,6-11,14-15H2,1-5H3,(H,29,30). The van der Waals surface area contributed by atoms with Crippen LogP contribution < -0.4 is 11.2 Å². The van der Waals surface area contributed by atoms with Gasteiger partial charge < -0.3 is 9.84 Å². The van der Waals surface area contributed by atoms with Crippen LogP contribution in [0.15, 0.2) is 22.0 Å². The molecule has 0 aliphatic heterocycles. The molecule has 3 aromatic rings. The first-order chi connectivity index (χ1) is 16.1. The van der Waals surface area contributed by atoms with Gasteiger partial charge in [0.2, 0.25) is 0 Å². The highest BCUT2D eigenvalue weighted by Crippen LogP contribution is 2.23. The molecule has 0 aliphatic rings. The summed E-state index contributed by atoms with van der Waals surface area (Å²) in [5, 5.41) is 13.2. The fourth-order valence-corrected chi connectivity index (χ4v) is 4.48. The lowest BCUT2D eigenvalue weighted by molar-refractivity contribution is -0.137. The molecule has 0 unspecified atom stereocenters. The summed E-state index contributed by atoms with van der Waals surface area (Å²) < 4.78 is 11.8. The van der Waals surface area contributed by atoms with Gasteiger partial charge in [0.25, 0.3) is 5.56 Å². The van der Waals surface area contributed by atoms with E-state index in [4.69, 9.17) is 9.84 Å². The smallest absolute Gasteiger partial charge is 0.332 e. The Bertz CT molecular complexity index is 1280. The van der Waals surface area contributed by atoms with Gasteiger partial charge in [-0.05, 0) is 18.9 Å². The second-order valence-electron chi connectivity index (χ2n) is 9.59. The minimum absolute atomic E-state index is 0.0894. The third-order valence-electron chi connectivity index (χ3n) is 5.41. The second kappa shape index (κ2) is 10.5. The van der Waals surface area contributed by atoms with Gasteiger partial charge in [-0.1, -0.05) is 33.5 Å². The van der Waals surface area contributed by atoms with Crippen molar-refractivity contribution < 1.29 is 14.6 Å². The number of hydrogen-bond donors (Lipinski definition) is 1. The number of nitrogens with zero attached hydrogens (tertiary/aromatic N) is 6. The number of aryl methyl sites for hydroxylation is 1. The molecule has 3 heterocycles. The fourth-order valence-electron chi connectivity index (χ4n) is 3.72. The van der Waals surface area contributed by atoms with E-state index in [9.17, 15) is 14.4 Å². The molecular weight excluding hydrogens is 456 g/mol. The van der Waals surface area contributed by atoms with Gasteiger partial charge in [-0.3, -0.25) is 28.0 Å². The van der Waals surface area contributed by atoms with Crippen LogP contribution in [0.4, 0.5) is 0 Å². The molecule has 0 atom stereocenters. The molecule has 12 heteroatoms. The number of carbonyl (C=O) groups is 1. The van der Waals surface area contributed by atoms with E-state index in [2.05, 4.69) is 29.7 Å². The van der Waals surface area contributed by atoms with Crippen LogP contribution in [0, 0.1) is 0 Å². The van der Waals surface area contributed by atoms with E-state index in [1.807, 2.05) is 13.8 Å². The average Bonchev–Trinajstić information content (AvgIpc) is 3.35. The average molecular weight is 491 g/mol. The van der Waals surface area contributed by atoms with Crippen LogP contribution in [0.2, 0.25) is 25.7 Å². The number of aliphatic carboxylic acids is 1. The summed E-state index contributed by atoms with van der Waals surface area (Å²) >= 11 is 0. The fraction of sp³-hybridized carbons (Fsp3) is 0.591. The number of rotatable bonds is 12. The Morgan fingerprint density at radius 1 is 1.09 bits per heavy atom. The highest BCUT2D eigenvalue weighted by molar-refractivity contribution is 6.76. The van der Waals surface area contributed by atoms with Gasteiger partial charge in [0.15, 0.2) is 11.2 Å². The molecule has 0 spiro atoms. The molecule has 0 aromatic carbocycles. The molecule has 34 heavy (non-hydrogen) atoms. The number of ether oxygens (including phenoxy) is 1. The van der Waals surface area contributed by atoms with E-state index in [0.717, 1.165) is 6.04 Å². The predicted octanol–water partition coefficient (Wildman–Crippen LogP) is 2.44. The lowest BCUT2D eigenvalue weighted by Crippen LogP contribution is -2.40. The van der Waals surface area contributed by atoms with Crippen molar-refractivity contribution in [1.82, 2.24) is 28.5 Å². The second-order valence-corrected chi connectivity index (χ2v) is 15.2. The molecular formula is C22H34N6O5Si. The molecule has 0 fully saturated rings. The maximum absolute atomic E-state index is 13.4. The molecule has 0 saturated carbocycles. The summed E-state index contributed by atoms with van der Waals surface area (Å²) in [7, 11) is -1.31. The number of carboxylic acids is 1. The van der Waals surface area contributed by atoms with Gasteiger partial charge in [0.1, 0.15) is 19.1 Å². The van der Waals surface area contributed by atoms with Crippen LogP contribution in [0.3, 0.4) is 0 Å². The molecule has 3 rings (SSSR count). The maximum atomic E-state index is 13.4. The normalized spacial score (nSPS) is 12.0. The molecule has 3 aromatic heterocycles. The number of imidazole rings is 1. The highest BCUT2D eigenvalue weighted by Gasteiger charge is 2.23. The molecule has 0 amide bonds. The Morgan fingerprint density at radius 3 is 2.38 bits per heavy atom. The minimum Gasteiger partial charge on any atom is -0.480 e. The van der Waals surface area contributed by atoms with Gasteiger partial charge in [0, 0.05) is 34.0 Å². The zero-order valence-electron chi connectivity index (χ0n) is 20.6. The molecule has 11 nitrogen and oxygen atoms in total. The van der Waals surface area contributed by atoms with E-state index >= 15 is 0 Å². The van der Waals surface area contributed by atoms with Crippen LogP contribution in [0.25, 0.3) is 22.6 Å². The van der Waals surface area contributed by atoms with Gasteiger partial charge in [0.05, 0.1) is 11.8 Å². The summed E-state index contributed by atoms with van der Waals surface area (Å²) in [5.41, 5.74) is 0.371. The lowest BCUT2D eigenvalue weighted by Gasteiger charge is -2.16. The monoisotopic (exact) mass is 490 g/mol. The molecule has 0 bridgehead atoms.